The van der Waals surface area contributed by atoms with Gasteiger partial charge in [-0.05, 0) is 38.8 Å². The SMILES string of the molecule is CCOC(=O)CC1CCNCC1.O=C(O)C(F)(F)F. The second-order valence-corrected chi connectivity index (χ2v) is 4.01. The van der Waals surface area contributed by atoms with Crippen molar-refractivity contribution in [3.63, 3.8) is 0 Å². The van der Waals surface area contributed by atoms with E-state index < -0.39 is 12.1 Å². The number of piperidine rings is 1. The third kappa shape index (κ3) is 9.29. The third-order valence-corrected chi connectivity index (χ3v) is 2.46. The van der Waals surface area contributed by atoms with Gasteiger partial charge in [-0.1, -0.05) is 0 Å². The number of nitrogens with one attached hydrogen (secondary N) is 1. The minimum absolute atomic E-state index is 0.0376. The molecule has 0 atom stereocenters. The Bertz CT molecular complexity index is 288. The molecule has 0 unspecified atom stereocenters. The molecule has 112 valence electrons. The average molecular weight is 285 g/mol. The fourth-order valence-electron chi connectivity index (χ4n) is 1.54. The first kappa shape index (κ1) is 17.7. The highest BCUT2D eigenvalue weighted by Crippen LogP contribution is 2.16. The van der Waals surface area contributed by atoms with Crippen LogP contribution >= 0.6 is 0 Å². The smallest absolute Gasteiger partial charge is 0.475 e. The van der Waals surface area contributed by atoms with E-state index in [0.29, 0.717) is 18.9 Å². The molecule has 1 rings (SSSR count). The summed E-state index contributed by atoms with van der Waals surface area (Å²) < 4.78 is 36.6. The molecule has 0 aromatic heterocycles. The average Bonchev–Trinajstić information content (AvgIpc) is 2.30. The molecular weight excluding hydrogens is 267 g/mol. The quantitative estimate of drug-likeness (QED) is 0.770. The molecule has 1 fully saturated rings. The minimum atomic E-state index is -5.08. The summed E-state index contributed by atoms with van der Waals surface area (Å²) in [6, 6.07) is 0. The van der Waals surface area contributed by atoms with Crippen molar-refractivity contribution >= 4 is 11.9 Å². The van der Waals surface area contributed by atoms with Crippen LogP contribution in [0.2, 0.25) is 0 Å². The normalized spacial score (nSPS) is 16.2. The van der Waals surface area contributed by atoms with Crippen molar-refractivity contribution in [2.45, 2.75) is 32.4 Å². The van der Waals surface area contributed by atoms with Crippen molar-refractivity contribution in [1.29, 1.82) is 0 Å². The van der Waals surface area contributed by atoms with Gasteiger partial charge in [-0.25, -0.2) is 4.79 Å². The van der Waals surface area contributed by atoms with E-state index in [1.54, 1.807) is 0 Å². The summed E-state index contributed by atoms with van der Waals surface area (Å²) in [4.78, 5) is 20.0. The lowest BCUT2D eigenvalue weighted by Crippen LogP contribution is -2.29. The van der Waals surface area contributed by atoms with Gasteiger partial charge in [0, 0.05) is 6.42 Å². The second-order valence-electron chi connectivity index (χ2n) is 4.01. The van der Waals surface area contributed by atoms with Crippen LogP contribution in [-0.2, 0) is 14.3 Å². The molecule has 1 aliphatic heterocycles. The number of rotatable bonds is 3. The Labute approximate surface area is 109 Å². The summed E-state index contributed by atoms with van der Waals surface area (Å²) in [5.41, 5.74) is 0. The summed E-state index contributed by atoms with van der Waals surface area (Å²) in [6.45, 7) is 4.44. The first-order chi connectivity index (χ1) is 8.77. The summed E-state index contributed by atoms with van der Waals surface area (Å²) in [7, 11) is 0. The van der Waals surface area contributed by atoms with Gasteiger partial charge in [0.05, 0.1) is 6.61 Å². The van der Waals surface area contributed by atoms with E-state index in [2.05, 4.69) is 5.32 Å². The Morgan fingerprint density at radius 3 is 2.16 bits per heavy atom. The predicted molar refractivity (Wildman–Crippen MR) is 60.5 cm³/mol. The molecule has 0 radical (unpaired) electrons. The van der Waals surface area contributed by atoms with Crippen molar-refractivity contribution in [2.75, 3.05) is 19.7 Å². The van der Waals surface area contributed by atoms with Crippen LogP contribution in [0.15, 0.2) is 0 Å². The zero-order chi connectivity index (χ0) is 14.9. The number of hydrogen-bond donors (Lipinski definition) is 2. The molecule has 0 aromatic carbocycles. The molecule has 0 bridgehead atoms. The van der Waals surface area contributed by atoms with Crippen LogP contribution in [-0.4, -0.2) is 42.9 Å². The molecule has 0 aliphatic carbocycles. The number of carbonyl (C=O) groups excluding carboxylic acids is 1. The van der Waals surface area contributed by atoms with E-state index in [4.69, 9.17) is 14.6 Å². The molecule has 8 heteroatoms. The molecule has 0 saturated carbocycles. The predicted octanol–water partition coefficient (Wildman–Crippen LogP) is 1.57. The monoisotopic (exact) mass is 285 g/mol. The molecule has 0 spiro atoms. The zero-order valence-electron chi connectivity index (χ0n) is 10.6. The summed E-state index contributed by atoms with van der Waals surface area (Å²) in [5, 5.41) is 10.4. The number of ether oxygens (including phenoxy) is 1. The van der Waals surface area contributed by atoms with Crippen LogP contribution in [0.25, 0.3) is 0 Å². The second kappa shape index (κ2) is 8.73. The van der Waals surface area contributed by atoms with Gasteiger partial charge in [-0.15, -0.1) is 0 Å². The molecule has 0 aromatic rings. The largest absolute Gasteiger partial charge is 0.490 e. The topological polar surface area (TPSA) is 75.6 Å². The van der Waals surface area contributed by atoms with Crippen LogP contribution in [0, 0.1) is 5.92 Å². The maximum absolute atomic E-state index is 11.1. The Morgan fingerprint density at radius 2 is 1.79 bits per heavy atom. The van der Waals surface area contributed by atoms with Gasteiger partial charge in [-0.2, -0.15) is 13.2 Å². The lowest BCUT2D eigenvalue weighted by atomic mass is 9.95. The van der Waals surface area contributed by atoms with Crippen LogP contribution < -0.4 is 5.32 Å². The molecule has 0 amide bonds. The number of alkyl halides is 3. The van der Waals surface area contributed by atoms with Crippen molar-refractivity contribution < 1.29 is 32.6 Å². The van der Waals surface area contributed by atoms with Crippen molar-refractivity contribution in [2.24, 2.45) is 5.92 Å². The van der Waals surface area contributed by atoms with Crippen LogP contribution in [0.1, 0.15) is 26.2 Å². The van der Waals surface area contributed by atoms with E-state index in [-0.39, 0.29) is 5.97 Å². The van der Waals surface area contributed by atoms with Gasteiger partial charge in [0.25, 0.3) is 0 Å². The standard InChI is InChI=1S/C9H17NO2.C2HF3O2/c1-2-12-9(11)7-8-3-5-10-6-4-8;3-2(4,5)1(6)7/h8,10H,2-7H2,1H3;(H,6,7). The number of hydrogen-bond acceptors (Lipinski definition) is 4. The number of halogens is 3. The Morgan fingerprint density at radius 1 is 1.32 bits per heavy atom. The van der Waals surface area contributed by atoms with E-state index in [1.807, 2.05) is 6.92 Å². The van der Waals surface area contributed by atoms with Crippen LogP contribution in [0.4, 0.5) is 13.2 Å². The number of carboxylic acid groups (broad SMARTS) is 1. The van der Waals surface area contributed by atoms with Gasteiger partial charge in [0.2, 0.25) is 0 Å². The highest BCUT2D eigenvalue weighted by atomic mass is 19.4. The Balaban J connectivity index is 0.000000399. The van der Waals surface area contributed by atoms with E-state index in [9.17, 15) is 18.0 Å². The molecule has 2 N–H and O–H groups in total. The third-order valence-electron chi connectivity index (χ3n) is 2.46. The van der Waals surface area contributed by atoms with Gasteiger partial charge in [0.15, 0.2) is 0 Å². The lowest BCUT2D eigenvalue weighted by molar-refractivity contribution is -0.192. The number of aliphatic carboxylic acids is 1. The molecule has 5 nitrogen and oxygen atoms in total. The molecule has 1 heterocycles. The molecular formula is C11H18F3NO4. The van der Waals surface area contributed by atoms with E-state index >= 15 is 0 Å². The van der Waals surface area contributed by atoms with Gasteiger partial charge < -0.3 is 15.2 Å². The highest BCUT2D eigenvalue weighted by Gasteiger charge is 2.38. The Hall–Kier alpha value is -1.31. The van der Waals surface area contributed by atoms with E-state index in [1.165, 1.54) is 0 Å². The van der Waals surface area contributed by atoms with Gasteiger partial charge in [0.1, 0.15) is 0 Å². The highest BCUT2D eigenvalue weighted by molar-refractivity contribution is 5.73. The fourth-order valence-corrected chi connectivity index (χ4v) is 1.54. The van der Waals surface area contributed by atoms with E-state index in [0.717, 1.165) is 25.9 Å². The number of esters is 1. The summed E-state index contributed by atoms with van der Waals surface area (Å²) >= 11 is 0. The Kier molecular flexibility index (Phi) is 8.13. The van der Waals surface area contributed by atoms with Gasteiger partial charge >= 0.3 is 18.1 Å². The van der Waals surface area contributed by atoms with Gasteiger partial charge in [-0.3, -0.25) is 4.79 Å². The lowest BCUT2D eigenvalue weighted by Gasteiger charge is -2.21. The number of carboxylic acids is 1. The van der Waals surface area contributed by atoms with Crippen LogP contribution in [0.3, 0.4) is 0 Å². The van der Waals surface area contributed by atoms with Crippen LogP contribution in [0.5, 0.6) is 0 Å². The van der Waals surface area contributed by atoms with Crippen molar-refractivity contribution in [3.8, 4) is 0 Å². The minimum Gasteiger partial charge on any atom is -0.475 e. The number of carbonyl (C=O) groups is 2. The summed E-state index contributed by atoms with van der Waals surface area (Å²) in [5.74, 6) is -2.25. The first-order valence-corrected chi connectivity index (χ1v) is 5.93. The maximum Gasteiger partial charge on any atom is 0.490 e. The zero-order valence-corrected chi connectivity index (χ0v) is 10.6. The molecule has 19 heavy (non-hydrogen) atoms. The summed E-state index contributed by atoms with van der Waals surface area (Å²) in [6.07, 6.45) is -2.26. The maximum atomic E-state index is 11.1. The van der Waals surface area contributed by atoms with Crippen molar-refractivity contribution in [3.05, 3.63) is 0 Å². The molecule has 1 aliphatic rings. The molecule has 1 saturated heterocycles. The first-order valence-electron chi connectivity index (χ1n) is 5.93. The fraction of sp³-hybridized carbons (Fsp3) is 0.818. The van der Waals surface area contributed by atoms with Crippen molar-refractivity contribution in [1.82, 2.24) is 5.32 Å².